The molecule has 0 spiro atoms. The van der Waals surface area contributed by atoms with Crippen molar-refractivity contribution in [3.8, 4) is 0 Å². The second kappa shape index (κ2) is 6.86. The van der Waals surface area contributed by atoms with Crippen LogP contribution >= 0.6 is 0 Å². The van der Waals surface area contributed by atoms with Gasteiger partial charge in [0.1, 0.15) is 5.69 Å². The third kappa shape index (κ3) is 2.95. The van der Waals surface area contributed by atoms with Gasteiger partial charge in [-0.05, 0) is 17.7 Å². The number of carbonyl (C=O) groups is 2. The lowest BCUT2D eigenvalue weighted by molar-refractivity contribution is -0.125. The van der Waals surface area contributed by atoms with Crippen LogP contribution in [0.1, 0.15) is 40.1 Å². The molecule has 2 aromatic rings. The van der Waals surface area contributed by atoms with Gasteiger partial charge in [0.25, 0.3) is 0 Å². The monoisotopic (exact) mass is 352 g/mol. The van der Waals surface area contributed by atoms with Gasteiger partial charge in [0.2, 0.25) is 5.91 Å². The molecule has 4 unspecified atom stereocenters. The minimum atomic E-state index is -0.481. The normalized spacial score (nSPS) is 27.5. The Balaban J connectivity index is 1.71. The number of pyridine rings is 1. The maximum Gasteiger partial charge on any atom is 0.356 e. The molecule has 4 atom stereocenters. The molecule has 0 radical (unpaired) electrons. The summed E-state index contributed by atoms with van der Waals surface area (Å²) in [5.41, 5.74) is 8.60. The smallest absolute Gasteiger partial charge is 0.356 e. The fourth-order valence-corrected chi connectivity index (χ4v) is 3.87. The number of ether oxygens (including phenoxy) is 1. The molecule has 2 aliphatic rings. The minimum Gasteiger partial charge on any atom is -0.464 e. The van der Waals surface area contributed by atoms with Crippen LogP contribution in [-0.2, 0) is 9.53 Å². The van der Waals surface area contributed by atoms with Crippen molar-refractivity contribution in [2.24, 2.45) is 5.92 Å². The molecule has 134 valence electrons. The molecule has 3 heterocycles. The van der Waals surface area contributed by atoms with E-state index in [0.29, 0.717) is 6.42 Å². The van der Waals surface area contributed by atoms with Crippen molar-refractivity contribution >= 4 is 11.9 Å². The number of amides is 1. The Bertz CT molecular complexity index is 827. The first-order chi connectivity index (χ1) is 12.7. The Kier molecular flexibility index (Phi) is 4.40. The SMILES string of the molecule is COC(=O)c1cccc(C2CC(=O)NC3NNC(c4ccccc4)C32)n1. The largest absolute Gasteiger partial charge is 0.464 e. The van der Waals surface area contributed by atoms with Gasteiger partial charge in [0.15, 0.2) is 0 Å². The van der Waals surface area contributed by atoms with E-state index in [0.717, 1.165) is 11.3 Å². The Morgan fingerprint density at radius 1 is 1.12 bits per heavy atom. The predicted molar refractivity (Wildman–Crippen MR) is 93.8 cm³/mol. The maximum absolute atomic E-state index is 12.2. The van der Waals surface area contributed by atoms with Gasteiger partial charge < -0.3 is 10.1 Å². The van der Waals surface area contributed by atoms with E-state index in [2.05, 4.69) is 33.3 Å². The number of hydrazine groups is 1. The second-order valence-corrected chi connectivity index (χ2v) is 6.55. The average Bonchev–Trinajstić information content (AvgIpc) is 3.11. The van der Waals surface area contributed by atoms with Crippen molar-refractivity contribution in [2.45, 2.75) is 24.5 Å². The zero-order valence-electron chi connectivity index (χ0n) is 14.3. The topological polar surface area (TPSA) is 92.4 Å². The second-order valence-electron chi connectivity index (χ2n) is 6.55. The highest BCUT2D eigenvalue weighted by atomic mass is 16.5. The van der Waals surface area contributed by atoms with Gasteiger partial charge in [-0.15, -0.1) is 0 Å². The summed E-state index contributed by atoms with van der Waals surface area (Å²) in [6.07, 6.45) is 0.126. The minimum absolute atomic E-state index is 0.0235. The molecule has 2 saturated heterocycles. The van der Waals surface area contributed by atoms with Gasteiger partial charge in [-0.25, -0.2) is 20.6 Å². The van der Waals surface area contributed by atoms with Gasteiger partial charge in [0, 0.05) is 24.0 Å². The first kappa shape index (κ1) is 16.7. The van der Waals surface area contributed by atoms with Crippen LogP contribution in [-0.4, -0.2) is 30.1 Å². The summed E-state index contributed by atoms with van der Waals surface area (Å²) in [6.45, 7) is 0. The van der Waals surface area contributed by atoms with E-state index in [-0.39, 0.29) is 35.6 Å². The van der Waals surface area contributed by atoms with Crippen LogP contribution < -0.4 is 16.2 Å². The number of methoxy groups -OCH3 is 1. The number of esters is 1. The van der Waals surface area contributed by atoms with Crippen molar-refractivity contribution in [3.05, 3.63) is 65.5 Å². The summed E-state index contributed by atoms with van der Waals surface area (Å²) in [4.78, 5) is 28.5. The van der Waals surface area contributed by atoms with E-state index in [1.807, 2.05) is 24.3 Å². The van der Waals surface area contributed by atoms with Crippen LogP contribution in [0.3, 0.4) is 0 Å². The van der Waals surface area contributed by atoms with E-state index in [9.17, 15) is 9.59 Å². The molecule has 0 saturated carbocycles. The van der Waals surface area contributed by atoms with Crippen LogP contribution in [0.2, 0.25) is 0 Å². The van der Waals surface area contributed by atoms with E-state index >= 15 is 0 Å². The molecule has 0 bridgehead atoms. The Hall–Kier alpha value is -2.77. The van der Waals surface area contributed by atoms with Crippen molar-refractivity contribution < 1.29 is 14.3 Å². The zero-order valence-corrected chi connectivity index (χ0v) is 14.3. The van der Waals surface area contributed by atoms with Gasteiger partial charge in [-0.3, -0.25) is 4.79 Å². The van der Waals surface area contributed by atoms with Gasteiger partial charge in [-0.1, -0.05) is 36.4 Å². The quantitative estimate of drug-likeness (QED) is 0.721. The fourth-order valence-electron chi connectivity index (χ4n) is 3.87. The number of fused-ring (bicyclic) bond motifs is 1. The molecule has 0 aliphatic carbocycles. The van der Waals surface area contributed by atoms with Crippen LogP contribution in [0.5, 0.6) is 0 Å². The van der Waals surface area contributed by atoms with E-state index in [1.54, 1.807) is 12.1 Å². The Labute approximate surface area is 151 Å². The lowest BCUT2D eigenvalue weighted by Gasteiger charge is -2.35. The number of nitrogens with zero attached hydrogens (tertiary/aromatic N) is 1. The molecule has 7 heteroatoms. The molecule has 7 nitrogen and oxygen atoms in total. The molecule has 2 aliphatic heterocycles. The Morgan fingerprint density at radius 2 is 1.92 bits per heavy atom. The third-order valence-electron chi connectivity index (χ3n) is 5.05. The molecule has 1 aromatic heterocycles. The average molecular weight is 352 g/mol. The molecule has 4 rings (SSSR count). The number of rotatable bonds is 3. The predicted octanol–water partition coefficient (Wildman–Crippen LogP) is 1.26. The van der Waals surface area contributed by atoms with Crippen LogP contribution in [0.25, 0.3) is 0 Å². The number of hydrogen-bond acceptors (Lipinski definition) is 6. The number of carbonyl (C=O) groups excluding carboxylic acids is 2. The van der Waals surface area contributed by atoms with Gasteiger partial charge in [-0.2, -0.15) is 0 Å². The molecule has 26 heavy (non-hydrogen) atoms. The van der Waals surface area contributed by atoms with Crippen molar-refractivity contribution in [2.75, 3.05) is 7.11 Å². The molecule has 1 aromatic carbocycles. The molecular weight excluding hydrogens is 332 g/mol. The summed E-state index contributed by atoms with van der Waals surface area (Å²) in [5.74, 6) is -0.572. The van der Waals surface area contributed by atoms with E-state index in [1.165, 1.54) is 7.11 Å². The highest BCUT2D eigenvalue weighted by molar-refractivity contribution is 5.87. The molecule has 1 amide bonds. The van der Waals surface area contributed by atoms with Crippen molar-refractivity contribution in [3.63, 3.8) is 0 Å². The summed E-state index contributed by atoms with van der Waals surface area (Å²) < 4.78 is 4.77. The molecule has 2 fully saturated rings. The summed E-state index contributed by atoms with van der Waals surface area (Å²) in [6, 6.07) is 15.4. The zero-order chi connectivity index (χ0) is 18.1. The van der Waals surface area contributed by atoms with Crippen molar-refractivity contribution in [1.29, 1.82) is 0 Å². The first-order valence-corrected chi connectivity index (χ1v) is 8.58. The third-order valence-corrected chi connectivity index (χ3v) is 5.05. The highest BCUT2D eigenvalue weighted by Crippen LogP contribution is 2.42. The van der Waals surface area contributed by atoms with Crippen LogP contribution in [0.4, 0.5) is 0 Å². The van der Waals surface area contributed by atoms with E-state index < -0.39 is 5.97 Å². The number of nitrogens with one attached hydrogen (secondary N) is 3. The fraction of sp³-hybridized carbons (Fsp3) is 0.316. The number of aromatic nitrogens is 1. The molecular formula is C19H20N4O3. The molecule has 3 N–H and O–H groups in total. The van der Waals surface area contributed by atoms with Gasteiger partial charge >= 0.3 is 5.97 Å². The number of piperidine rings is 1. The van der Waals surface area contributed by atoms with Crippen molar-refractivity contribution in [1.82, 2.24) is 21.2 Å². The standard InChI is InChI=1S/C19H20N4O3/c1-26-19(25)14-9-5-8-13(20-14)12-10-15(24)21-18-16(12)17(22-23-18)11-6-3-2-4-7-11/h2-9,12,16-18,22-23H,10H2,1H3,(H,21,24). The Morgan fingerprint density at radius 3 is 2.69 bits per heavy atom. The summed E-state index contributed by atoms with van der Waals surface area (Å²) >= 11 is 0. The van der Waals surface area contributed by atoms with Gasteiger partial charge in [0.05, 0.1) is 19.3 Å². The van der Waals surface area contributed by atoms with Crippen LogP contribution in [0.15, 0.2) is 48.5 Å². The number of hydrogen-bond donors (Lipinski definition) is 3. The first-order valence-electron chi connectivity index (χ1n) is 8.58. The highest BCUT2D eigenvalue weighted by Gasteiger charge is 2.47. The summed E-state index contributed by atoms with van der Waals surface area (Å²) in [5, 5.41) is 2.99. The number of benzene rings is 1. The summed E-state index contributed by atoms with van der Waals surface area (Å²) in [7, 11) is 1.33. The van der Waals surface area contributed by atoms with Crippen LogP contribution in [0, 0.1) is 5.92 Å². The van der Waals surface area contributed by atoms with E-state index in [4.69, 9.17) is 4.74 Å². The maximum atomic E-state index is 12.2. The lowest BCUT2D eigenvalue weighted by atomic mass is 9.76. The lowest BCUT2D eigenvalue weighted by Crippen LogP contribution is -2.52.